The van der Waals surface area contributed by atoms with Gasteiger partial charge in [-0.05, 0) is 44.8 Å². The number of nitrogens with zero attached hydrogens (tertiary/aromatic N) is 1. The van der Waals surface area contributed by atoms with Gasteiger partial charge >= 0.3 is 0 Å². The summed E-state index contributed by atoms with van der Waals surface area (Å²) in [5, 5.41) is 0. The second-order valence-electron chi connectivity index (χ2n) is 14.3. The van der Waals surface area contributed by atoms with Gasteiger partial charge in [0.2, 0.25) is 0 Å². The van der Waals surface area contributed by atoms with Crippen LogP contribution in [0.2, 0.25) is 0 Å². The summed E-state index contributed by atoms with van der Waals surface area (Å²) in [7, 11) is 0. The third kappa shape index (κ3) is 36.1. The number of hydrogen-bond acceptors (Lipinski definition) is 1. The van der Waals surface area contributed by atoms with Crippen molar-refractivity contribution in [2.45, 2.75) is 233 Å². The average Bonchev–Trinajstić information content (AvgIpc) is 2.96. The van der Waals surface area contributed by atoms with E-state index >= 15 is 0 Å². The minimum absolute atomic E-state index is 0.872. The molecule has 0 rings (SSSR count). The van der Waals surface area contributed by atoms with E-state index in [-0.39, 0.29) is 0 Å². The topological polar surface area (TPSA) is 3.24 Å². The van der Waals surface area contributed by atoms with Gasteiger partial charge in [-0.2, -0.15) is 0 Å². The first kappa shape index (κ1) is 41.0. The summed E-state index contributed by atoms with van der Waals surface area (Å²) in [6.07, 6.45) is 46.7. The van der Waals surface area contributed by atoms with Gasteiger partial charge in [0.05, 0.1) is 0 Å². The highest BCUT2D eigenvalue weighted by molar-refractivity contribution is 4.61. The van der Waals surface area contributed by atoms with E-state index in [9.17, 15) is 0 Å². The number of unbranched alkanes of at least 4 members (excludes halogenated alkanes) is 28. The van der Waals surface area contributed by atoms with Crippen LogP contribution < -0.4 is 0 Å². The maximum Gasteiger partial charge on any atom is -0.00187 e. The molecule has 248 valence electrons. The Labute approximate surface area is 263 Å². The predicted molar refractivity (Wildman–Crippen MR) is 190 cm³/mol. The third-order valence-corrected chi connectivity index (χ3v) is 9.41. The molecule has 0 amide bonds. The lowest BCUT2D eigenvalue weighted by Crippen LogP contribution is -2.27. The summed E-state index contributed by atoms with van der Waals surface area (Å²) in [6, 6.07) is 0. The highest BCUT2D eigenvalue weighted by Crippen LogP contribution is 2.16. The Balaban J connectivity index is 3.76. The molecule has 0 aliphatic carbocycles. The standard InChI is InChI=1S/C40H83N/c1-5-7-9-11-13-15-17-19-21-23-25-27-29-33-37-41(39-35-31-32-36-40(3)4)38-34-30-28-26-24-22-20-18-16-14-12-10-8-6-2/h40H,5-39H2,1-4H3. The van der Waals surface area contributed by atoms with E-state index in [0.29, 0.717) is 0 Å². The fourth-order valence-electron chi connectivity index (χ4n) is 6.46. The van der Waals surface area contributed by atoms with Gasteiger partial charge in [-0.3, -0.25) is 0 Å². The molecular weight excluding hydrogens is 494 g/mol. The van der Waals surface area contributed by atoms with Crippen molar-refractivity contribution < 1.29 is 0 Å². The first-order valence-corrected chi connectivity index (χ1v) is 19.9. The Morgan fingerprint density at radius 1 is 0.293 bits per heavy atom. The lowest BCUT2D eigenvalue weighted by atomic mass is 10.0. The van der Waals surface area contributed by atoms with Gasteiger partial charge in [-0.1, -0.05) is 214 Å². The Bertz CT molecular complexity index is 412. The SMILES string of the molecule is CCCCCCCCCCCCCCCCN(CCCCCCCCCCCCCCCC)CCCCCC(C)C. The Kier molecular flexibility index (Phi) is 36.1. The third-order valence-electron chi connectivity index (χ3n) is 9.41. The minimum atomic E-state index is 0.872. The molecule has 0 saturated carbocycles. The van der Waals surface area contributed by atoms with E-state index in [4.69, 9.17) is 0 Å². The molecular formula is C40H83N. The van der Waals surface area contributed by atoms with E-state index in [1.807, 2.05) is 0 Å². The molecule has 0 radical (unpaired) electrons. The molecule has 1 nitrogen and oxygen atoms in total. The van der Waals surface area contributed by atoms with E-state index in [1.54, 1.807) is 0 Å². The van der Waals surface area contributed by atoms with Gasteiger partial charge in [0.15, 0.2) is 0 Å². The molecule has 0 aliphatic rings. The van der Waals surface area contributed by atoms with Gasteiger partial charge in [0.25, 0.3) is 0 Å². The zero-order valence-corrected chi connectivity index (χ0v) is 29.8. The van der Waals surface area contributed by atoms with Crippen LogP contribution in [0.15, 0.2) is 0 Å². The van der Waals surface area contributed by atoms with Crippen molar-refractivity contribution in [2.75, 3.05) is 19.6 Å². The van der Waals surface area contributed by atoms with Crippen molar-refractivity contribution >= 4 is 0 Å². The smallest absolute Gasteiger partial charge is 0.00187 e. The molecule has 1 heteroatoms. The maximum absolute atomic E-state index is 2.84. The van der Waals surface area contributed by atoms with E-state index in [1.165, 1.54) is 225 Å². The second-order valence-corrected chi connectivity index (χ2v) is 14.3. The molecule has 0 fully saturated rings. The average molecular weight is 578 g/mol. The quantitative estimate of drug-likeness (QED) is 0.0669. The first-order valence-electron chi connectivity index (χ1n) is 19.9. The van der Waals surface area contributed by atoms with Gasteiger partial charge in [-0.25, -0.2) is 0 Å². The maximum atomic E-state index is 2.84. The Hall–Kier alpha value is -0.0400. The first-order chi connectivity index (χ1) is 20.2. The summed E-state index contributed by atoms with van der Waals surface area (Å²) in [5.74, 6) is 0.872. The predicted octanol–water partition coefficient (Wildman–Crippen LogP) is 14.5. The molecule has 0 N–H and O–H groups in total. The van der Waals surface area contributed by atoms with Gasteiger partial charge < -0.3 is 4.90 Å². The van der Waals surface area contributed by atoms with Crippen LogP contribution in [0.4, 0.5) is 0 Å². The Morgan fingerprint density at radius 3 is 0.756 bits per heavy atom. The van der Waals surface area contributed by atoms with Crippen molar-refractivity contribution in [2.24, 2.45) is 5.92 Å². The molecule has 0 atom stereocenters. The molecule has 0 saturated heterocycles. The monoisotopic (exact) mass is 578 g/mol. The van der Waals surface area contributed by atoms with E-state index in [0.717, 1.165) is 5.92 Å². The van der Waals surface area contributed by atoms with Gasteiger partial charge in [-0.15, -0.1) is 0 Å². The Morgan fingerprint density at radius 2 is 0.512 bits per heavy atom. The van der Waals surface area contributed by atoms with E-state index < -0.39 is 0 Å². The zero-order valence-electron chi connectivity index (χ0n) is 29.8. The summed E-state index contributed by atoms with van der Waals surface area (Å²) < 4.78 is 0. The molecule has 0 bridgehead atoms. The molecule has 0 aliphatic heterocycles. The summed E-state index contributed by atoms with van der Waals surface area (Å²) in [6.45, 7) is 13.5. The normalized spacial score (nSPS) is 11.9. The molecule has 0 spiro atoms. The van der Waals surface area contributed by atoms with Crippen molar-refractivity contribution in [3.8, 4) is 0 Å². The summed E-state index contributed by atoms with van der Waals surface area (Å²) in [4.78, 5) is 2.84. The van der Waals surface area contributed by atoms with Crippen LogP contribution in [0, 0.1) is 5.92 Å². The van der Waals surface area contributed by atoms with Crippen LogP contribution in [-0.4, -0.2) is 24.5 Å². The number of hydrogen-bond donors (Lipinski definition) is 0. The molecule has 0 heterocycles. The largest absolute Gasteiger partial charge is 0.303 e. The summed E-state index contributed by atoms with van der Waals surface area (Å²) in [5.41, 5.74) is 0. The molecule has 41 heavy (non-hydrogen) atoms. The van der Waals surface area contributed by atoms with Crippen molar-refractivity contribution in [3.05, 3.63) is 0 Å². The van der Waals surface area contributed by atoms with Gasteiger partial charge in [0, 0.05) is 0 Å². The van der Waals surface area contributed by atoms with Crippen molar-refractivity contribution in [1.29, 1.82) is 0 Å². The number of rotatable bonds is 36. The second kappa shape index (κ2) is 36.2. The van der Waals surface area contributed by atoms with Crippen LogP contribution in [0.3, 0.4) is 0 Å². The van der Waals surface area contributed by atoms with Crippen LogP contribution in [0.1, 0.15) is 233 Å². The van der Waals surface area contributed by atoms with Crippen molar-refractivity contribution in [1.82, 2.24) is 4.90 Å². The molecule has 0 unspecified atom stereocenters. The highest BCUT2D eigenvalue weighted by atomic mass is 15.1. The highest BCUT2D eigenvalue weighted by Gasteiger charge is 2.05. The molecule has 0 aromatic rings. The van der Waals surface area contributed by atoms with Crippen LogP contribution in [0.5, 0.6) is 0 Å². The van der Waals surface area contributed by atoms with Crippen molar-refractivity contribution in [3.63, 3.8) is 0 Å². The molecule has 0 aromatic heterocycles. The lowest BCUT2D eigenvalue weighted by Gasteiger charge is -2.22. The fourth-order valence-corrected chi connectivity index (χ4v) is 6.46. The van der Waals surface area contributed by atoms with Crippen LogP contribution in [0.25, 0.3) is 0 Å². The minimum Gasteiger partial charge on any atom is -0.303 e. The fraction of sp³-hybridized carbons (Fsp3) is 1.00. The molecule has 0 aromatic carbocycles. The lowest BCUT2D eigenvalue weighted by molar-refractivity contribution is 0.253. The van der Waals surface area contributed by atoms with Crippen LogP contribution >= 0.6 is 0 Å². The van der Waals surface area contributed by atoms with Gasteiger partial charge in [0.1, 0.15) is 0 Å². The summed E-state index contributed by atoms with van der Waals surface area (Å²) >= 11 is 0. The van der Waals surface area contributed by atoms with E-state index in [2.05, 4.69) is 32.6 Å². The van der Waals surface area contributed by atoms with Crippen LogP contribution in [-0.2, 0) is 0 Å². The zero-order chi connectivity index (χ0) is 29.9.